The van der Waals surface area contributed by atoms with Crippen LogP contribution < -0.4 is 4.72 Å². The molecule has 0 aliphatic rings. The topological polar surface area (TPSA) is 104 Å². The van der Waals surface area contributed by atoms with Crippen LogP contribution in [0.4, 0.5) is 0 Å². The molecule has 0 aliphatic carbocycles. The van der Waals surface area contributed by atoms with Crippen LogP contribution in [0.1, 0.15) is 26.1 Å². The van der Waals surface area contributed by atoms with Gasteiger partial charge in [-0.15, -0.1) is 0 Å². The van der Waals surface area contributed by atoms with Crippen LogP contribution in [-0.2, 0) is 16.6 Å². The van der Waals surface area contributed by atoms with Gasteiger partial charge in [0.15, 0.2) is 5.03 Å². The lowest BCUT2D eigenvalue weighted by molar-refractivity contribution is 0.00680. The Hall–Kier alpha value is -0.960. The van der Waals surface area contributed by atoms with Crippen molar-refractivity contribution in [3.05, 3.63) is 12.0 Å². The fourth-order valence-electron chi connectivity index (χ4n) is 1.46. The predicted octanol–water partition coefficient (Wildman–Crippen LogP) is -0.377. The first-order chi connectivity index (χ1) is 8.72. The quantitative estimate of drug-likeness (QED) is 0.635. The fourth-order valence-corrected chi connectivity index (χ4v) is 2.62. The Morgan fingerprint density at radius 2 is 2.16 bits per heavy atom. The van der Waals surface area contributed by atoms with E-state index in [9.17, 15) is 13.5 Å². The van der Waals surface area contributed by atoms with E-state index in [0.717, 1.165) is 6.42 Å². The molecule has 0 aromatic carbocycles. The zero-order valence-corrected chi connectivity index (χ0v) is 12.2. The summed E-state index contributed by atoms with van der Waals surface area (Å²) in [6.07, 6.45) is 2.35. The normalized spacial score (nSPS) is 15.4. The molecule has 0 saturated carbocycles. The number of aliphatic hydroxyl groups is 2. The van der Waals surface area contributed by atoms with Gasteiger partial charge in [-0.1, -0.05) is 6.92 Å². The summed E-state index contributed by atoms with van der Waals surface area (Å²) in [6.45, 7) is 4.96. The minimum absolute atomic E-state index is 0.0767. The van der Waals surface area contributed by atoms with Crippen molar-refractivity contribution in [3.63, 3.8) is 0 Å². The molecule has 0 aliphatic heterocycles. The lowest BCUT2D eigenvalue weighted by Crippen LogP contribution is -2.43. The second kappa shape index (κ2) is 6.00. The van der Waals surface area contributed by atoms with Crippen LogP contribution in [-0.4, -0.2) is 46.9 Å². The van der Waals surface area contributed by atoms with E-state index in [1.165, 1.54) is 13.1 Å². The Labute approximate surface area is 113 Å². The van der Waals surface area contributed by atoms with E-state index in [1.807, 2.05) is 6.92 Å². The van der Waals surface area contributed by atoms with E-state index in [2.05, 4.69) is 9.71 Å². The number of imidazole rings is 1. The summed E-state index contributed by atoms with van der Waals surface area (Å²) in [5.74, 6) is 0.621. The van der Waals surface area contributed by atoms with E-state index in [4.69, 9.17) is 5.11 Å². The van der Waals surface area contributed by atoms with Crippen molar-refractivity contribution >= 4 is 10.0 Å². The largest absolute Gasteiger partial charge is 0.393 e. The molecule has 0 bridgehead atoms. The second-order valence-electron chi connectivity index (χ2n) is 4.80. The number of hydrogen-bond donors (Lipinski definition) is 3. The summed E-state index contributed by atoms with van der Waals surface area (Å²) >= 11 is 0. The number of aryl methyl sites for hydroxylation is 2. The minimum atomic E-state index is -3.78. The molecule has 1 heterocycles. The molecule has 0 spiro atoms. The van der Waals surface area contributed by atoms with Crippen molar-refractivity contribution in [3.8, 4) is 0 Å². The summed E-state index contributed by atoms with van der Waals surface area (Å²) in [7, 11) is -3.78. The third-order valence-corrected chi connectivity index (χ3v) is 3.95. The molecule has 1 atom stereocenters. The van der Waals surface area contributed by atoms with Crippen molar-refractivity contribution in [1.29, 1.82) is 0 Å². The van der Waals surface area contributed by atoms with Gasteiger partial charge in [0.2, 0.25) is 0 Å². The SMILES string of the molecule is CCCn1cc(S(=O)(=O)NCC(C)(O)CO)nc1C. The maximum absolute atomic E-state index is 12.0. The fraction of sp³-hybridized carbons (Fsp3) is 0.727. The molecule has 1 aromatic rings. The third kappa shape index (κ3) is 4.27. The lowest BCUT2D eigenvalue weighted by atomic mass is 10.1. The van der Waals surface area contributed by atoms with Crippen LogP contribution in [0, 0.1) is 6.92 Å². The van der Waals surface area contributed by atoms with Crippen LogP contribution in [0.25, 0.3) is 0 Å². The third-order valence-electron chi connectivity index (χ3n) is 2.68. The van der Waals surface area contributed by atoms with E-state index in [-0.39, 0.29) is 11.6 Å². The van der Waals surface area contributed by atoms with Crippen molar-refractivity contribution in [2.24, 2.45) is 0 Å². The lowest BCUT2D eigenvalue weighted by Gasteiger charge is -2.19. The smallest absolute Gasteiger partial charge is 0.259 e. The highest BCUT2D eigenvalue weighted by atomic mass is 32.2. The van der Waals surface area contributed by atoms with Gasteiger partial charge in [-0.05, 0) is 20.3 Å². The molecule has 0 saturated heterocycles. The highest BCUT2D eigenvalue weighted by Gasteiger charge is 2.25. The molecule has 0 amide bonds. The molecule has 1 aromatic heterocycles. The molecule has 0 fully saturated rings. The molecule has 3 N–H and O–H groups in total. The average molecular weight is 291 g/mol. The molecule has 19 heavy (non-hydrogen) atoms. The number of aromatic nitrogens is 2. The first-order valence-electron chi connectivity index (χ1n) is 6.08. The first kappa shape index (κ1) is 16.1. The van der Waals surface area contributed by atoms with Crippen molar-refractivity contribution in [1.82, 2.24) is 14.3 Å². The van der Waals surface area contributed by atoms with Crippen LogP contribution in [0.3, 0.4) is 0 Å². The summed E-state index contributed by atoms with van der Waals surface area (Å²) < 4.78 is 28.0. The molecule has 1 rings (SSSR count). The highest BCUT2D eigenvalue weighted by molar-refractivity contribution is 7.89. The number of sulfonamides is 1. The molecular formula is C11H21N3O4S. The number of hydrogen-bond acceptors (Lipinski definition) is 5. The molecule has 0 radical (unpaired) electrons. The van der Waals surface area contributed by atoms with Crippen LogP contribution in [0.2, 0.25) is 0 Å². The summed E-state index contributed by atoms with van der Waals surface area (Å²) in [5, 5.41) is 18.4. The molecule has 7 nitrogen and oxygen atoms in total. The van der Waals surface area contributed by atoms with Gasteiger partial charge in [-0.3, -0.25) is 0 Å². The Morgan fingerprint density at radius 3 is 2.68 bits per heavy atom. The number of aliphatic hydroxyl groups excluding tert-OH is 1. The van der Waals surface area contributed by atoms with E-state index >= 15 is 0 Å². The van der Waals surface area contributed by atoms with Crippen molar-refractivity contribution in [2.75, 3.05) is 13.2 Å². The Balaban J connectivity index is 2.86. The Bertz CT molecular complexity index is 522. The second-order valence-corrected chi connectivity index (χ2v) is 6.51. The van der Waals surface area contributed by atoms with E-state index in [1.54, 1.807) is 11.5 Å². The summed E-state index contributed by atoms with van der Waals surface area (Å²) in [6, 6.07) is 0. The van der Waals surface area contributed by atoms with E-state index < -0.39 is 22.2 Å². The van der Waals surface area contributed by atoms with Gasteiger partial charge in [0, 0.05) is 19.3 Å². The monoisotopic (exact) mass is 291 g/mol. The summed E-state index contributed by atoms with van der Waals surface area (Å²) in [4.78, 5) is 4.00. The minimum Gasteiger partial charge on any atom is -0.393 e. The number of nitrogens with zero attached hydrogens (tertiary/aromatic N) is 2. The van der Waals surface area contributed by atoms with Crippen LogP contribution >= 0.6 is 0 Å². The zero-order valence-electron chi connectivity index (χ0n) is 11.4. The highest BCUT2D eigenvalue weighted by Crippen LogP contribution is 2.10. The van der Waals surface area contributed by atoms with Crippen molar-refractivity contribution in [2.45, 2.75) is 44.4 Å². The maximum Gasteiger partial charge on any atom is 0.259 e. The van der Waals surface area contributed by atoms with Gasteiger partial charge in [-0.25, -0.2) is 18.1 Å². The zero-order chi connectivity index (χ0) is 14.7. The molecule has 8 heteroatoms. The maximum atomic E-state index is 12.0. The molecular weight excluding hydrogens is 270 g/mol. The Kier molecular flexibility index (Phi) is 5.08. The first-order valence-corrected chi connectivity index (χ1v) is 7.57. The van der Waals surface area contributed by atoms with Gasteiger partial charge in [0.25, 0.3) is 10.0 Å². The van der Waals surface area contributed by atoms with Crippen LogP contribution in [0.5, 0.6) is 0 Å². The predicted molar refractivity (Wildman–Crippen MR) is 70.2 cm³/mol. The van der Waals surface area contributed by atoms with Gasteiger partial charge in [0.1, 0.15) is 5.82 Å². The van der Waals surface area contributed by atoms with Crippen LogP contribution in [0.15, 0.2) is 11.2 Å². The Morgan fingerprint density at radius 1 is 1.53 bits per heavy atom. The average Bonchev–Trinajstić information content (AvgIpc) is 2.70. The molecule has 1 unspecified atom stereocenters. The van der Waals surface area contributed by atoms with E-state index in [0.29, 0.717) is 12.4 Å². The van der Waals surface area contributed by atoms with Gasteiger partial charge in [0.05, 0.1) is 12.2 Å². The van der Waals surface area contributed by atoms with Crippen molar-refractivity contribution < 1.29 is 18.6 Å². The number of nitrogens with one attached hydrogen (secondary N) is 1. The van der Waals surface area contributed by atoms with Gasteiger partial charge in [-0.2, -0.15) is 0 Å². The molecule has 110 valence electrons. The summed E-state index contributed by atoms with van der Waals surface area (Å²) in [5.41, 5.74) is -1.49. The van der Waals surface area contributed by atoms with Gasteiger partial charge >= 0.3 is 0 Å². The standard InChI is InChI=1S/C11H21N3O4S/c1-4-5-14-6-10(13-9(14)2)19(17,18)12-7-11(3,16)8-15/h6,12,15-16H,4-5,7-8H2,1-3H3. The number of rotatable bonds is 7. The van der Waals surface area contributed by atoms with Gasteiger partial charge < -0.3 is 14.8 Å².